The second-order valence-electron chi connectivity index (χ2n) is 3.82. The van der Waals surface area contributed by atoms with E-state index in [1.807, 2.05) is 6.08 Å². The summed E-state index contributed by atoms with van der Waals surface area (Å²) < 4.78 is 0. The van der Waals surface area contributed by atoms with Gasteiger partial charge >= 0.3 is 0 Å². The minimum Gasteiger partial charge on any atom is -0.295 e. The maximum atomic E-state index is 11.2. The zero-order valence-corrected chi connectivity index (χ0v) is 9.72. The second-order valence-corrected chi connectivity index (χ2v) is 3.82. The Kier molecular flexibility index (Phi) is 10.0. The summed E-state index contributed by atoms with van der Waals surface area (Å²) in [6, 6.07) is 0. The number of carbonyl (C=O) groups excluding carboxylic acids is 1. The predicted octanol–water partition coefficient (Wildman–Crippen LogP) is 4.27. The molecule has 0 radical (unpaired) electrons. The Morgan fingerprint density at radius 3 is 2.36 bits per heavy atom. The molecule has 0 N–H and O–H groups in total. The fourth-order valence-corrected chi connectivity index (χ4v) is 1.34. The van der Waals surface area contributed by atoms with Crippen LogP contribution >= 0.6 is 0 Å². The zero-order valence-electron chi connectivity index (χ0n) is 9.72. The molecule has 0 amide bonds. The Bertz CT molecular complexity index is 159. The first kappa shape index (κ1) is 13.4. The predicted molar refractivity (Wildman–Crippen MR) is 62.4 cm³/mol. The second kappa shape index (κ2) is 10.5. The molecule has 0 heterocycles. The fourth-order valence-electron chi connectivity index (χ4n) is 1.34. The van der Waals surface area contributed by atoms with E-state index in [1.54, 1.807) is 6.08 Å². The molecule has 0 aromatic carbocycles. The molecular formula is C13H24O. The standard InChI is InChI=1S/C13H24O/c1-3-5-7-8-9-10-12-13(14)11-6-4-2/h10,12H,3-9,11H2,1-2H3/b12-10+. The highest BCUT2D eigenvalue weighted by Crippen LogP contribution is 2.03. The third-order valence-electron chi connectivity index (χ3n) is 2.30. The molecule has 0 saturated heterocycles. The molecular weight excluding hydrogens is 172 g/mol. The van der Waals surface area contributed by atoms with Crippen LogP contribution in [0.25, 0.3) is 0 Å². The summed E-state index contributed by atoms with van der Waals surface area (Å²) >= 11 is 0. The van der Waals surface area contributed by atoms with Gasteiger partial charge in [0.25, 0.3) is 0 Å². The maximum absolute atomic E-state index is 11.2. The molecule has 14 heavy (non-hydrogen) atoms. The highest BCUT2D eigenvalue weighted by atomic mass is 16.1. The van der Waals surface area contributed by atoms with E-state index in [9.17, 15) is 4.79 Å². The lowest BCUT2D eigenvalue weighted by atomic mass is 10.1. The van der Waals surface area contributed by atoms with Gasteiger partial charge in [0.1, 0.15) is 0 Å². The van der Waals surface area contributed by atoms with Crippen molar-refractivity contribution in [3.63, 3.8) is 0 Å². The van der Waals surface area contributed by atoms with Gasteiger partial charge in [0.05, 0.1) is 0 Å². The SMILES string of the molecule is CCCCCC/C=C/C(=O)CCCC. The van der Waals surface area contributed by atoms with Crippen LogP contribution < -0.4 is 0 Å². The Morgan fingerprint density at radius 2 is 1.71 bits per heavy atom. The lowest BCUT2D eigenvalue weighted by molar-refractivity contribution is -0.114. The van der Waals surface area contributed by atoms with Gasteiger partial charge in [-0.15, -0.1) is 0 Å². The van der Waals surface area contributed by atoms with Gasteiger partial charge in [0.15, 0.2) is 5.78 Å². The van der Waals surface area contributed by atoms with Gasteiger partial charge in [-0.05, 0) is 25.3 Å². The average Bonchev–Trinajstić information content (AvgIpc) is 2.20. The van der Waals surface area contributed by atoms with Crippen LogP contribution in [0, 0.1) is 0 Å². The smallest absolute Gasteiger partial charge is 0.155 e. The van der Waals surface area contributed by atoms with Gasteiger partial charge < -0.3 is 0 Å². The topological polar surface area (TPSA) is 17.1 Å². The van der Waals surface area contributed by atoms with Crippen LogP contribution in [0.5, 0.6) is 0 Å². The Hall–Kier alpha value is -0.590. The third-order valence-corrected chi connectivity index (χ3v) is 2.30. The van der Waals surface area contributed by atoms with Gasteiger partial charge in [-0.2, -0.15) is 0 Å². The number of rotatable bonds is 9. The molecule has 0 rings (SSSR count). The van der Waals surface area contributed by atoms with Crippen molar-refractivity contribution in [2.75, 3.05) is 0 Å². The molecule has 0 unspecified atom stereocenters. The van der Waals surface area contributed by atoms with Gasteiger partial charge in [0, 0.05) is 6.42 Å². The molecule has 0 aromatic rings. The first-order valence-electron chi connectivity index (χ1n) is 6.00. The third kappa shape index (κ3) is 9.50. The van der Waals surface area contributed by atoms with Crippen molar-refractivity contribution in [1.82, 2.24) is 0 Å². The van der Waals surface area contributed by atoms with Crippen LogP contribution in [0.2, 0.25) is 0 Å². The van der Waals surface area contributed by atoms with E-state index >= 15 is 0 Å². The van der Waals surface area contributed by atoms with Crippen LogP contribution in [-0.4, -0.2) is 5.78 Å². The fraction of sp³-hybridized carbons (Fsp3) is 0.769. The monoisotopic (exact) mass is 196 g/mol. The Balaban J connectivity index is 3.28. The van der Waals surface area contributed by atoms with Crippen molar-refractivity contribution in [3.8, 4) is 0 Å². The van der Waals surface area contributed by atoms with Crippen molar-refractivity contribution in [2.24, 2.45) is 0 Å². The summed E-state index contributed by atoms with van der Waals surface area (Å²) in [4.78, 5) is 11.2. The lowest BCUT2D eigenvalue weighted by Gasteiger charge is -1.94. The van der Waals surface area contributed by atoms with E-state index < -0.39 is 0 Å². The van der Waals surface area contributed by atoms with Crippen LogP contribution in [0.3, 0.4) is 0 Å². The molecule has 0 fully saturated rings. The van der Waals surface area contributed by atoms with Crippen molar-refractivity contribution in [1.29, 1.82) is 0 Å². The Labute approximate surface area is 88.6 Å². The van der Waals surface area contributed by atoms with Crippen LogP contribution in [0.15, 0.2) is 12.2 Å². The normalized spacial score (nSPS) is 11.0. The number of ketones is 1. The lowest BCUT2D eigenvalue weighted by Crippen LogP contribution is -1.91. The van der Waals surface area contributed by atoms with E-state index in [0.717, 1.165) is 25.7 Å². The van der Waals surface area contributed by atoms with Gasteiger partial charge in [0.2, 0.25) is 0 Å². The zero-order chi connectivity index (χ0) is 10.6. The molecule has 0 spiro atoms. The largest absolute Gasteiger partial charge is 0.295 e. The highest BCUT2D eigenvalue weighted by Gasteiger charge is 1.93. The van der Waals surface area contributed by atoms with E-state index in [2.05, 4.69) is 13.8 Å². The number of allylic oxidation sites excluding steroid dienone is 2. The summed E-state index contributed by atoms with van der Waals surface area (Å²) in [6.45, 7) is 4.33. The van der Waals surface area contributed by atoms with E-state index in [0.29, 0.717) is 5.78 Å². The molecule has 1 nitrogen and oxygen atoms in total. The number of hydrogen-bond donors (Lipinski definition) is 0. The van der Waals surface area contributed by atoms with E-state index in [4.69, 9.17) is 0 Å². The van der Waals surface area contributed by atoms with Crippen LogP contribution in [0.1, 0.15) is 65.2 Å². The molecule has 0 aliphatic rings. The van der Waals surface area contributed by atoms with E-state index in [-0.39, 0.29) is 0 Å². The number of carbonyl (C=O) groups is 1. The molecule has 0 aliphatic heterocycles. The quantitative estimate of drug-likeness (QED) is 0.397. The summed E-state index contributed by atoms with van der Waals surface area (Å²) in [7, 11) is 0. The first-order valence-corrected chi connectivity index (χ1v) is 6.00. The molecule has 0 aliphatic carbocycles. The van der Waals surface area contributed by atoms with Crippen LogP contribution in [-0.2, 0) is 4.79 Å². The molecule has 82 valence electrons. The highest BCUT2D eigenvalue weighted by molar-refractivity contribution is 5.89. The Morgan fingerprint density at radius 1 is 1.00 bits per heavy atom. The minimum absolute atomic E-state index is 0.294. The van der Waals surface area contributed by atoms with Crippen molar-refractivity contribution < 1.29 is 4.79 Å². The number of hydrogen-bond acceptors (Lipinski definition) is 1. The van der Waals surface area contributed by atoms with Crippen molar-refractivity contribution in [2.45, 2.75) is 65.2 Å². The first-order chi connectivity index (χ1) is 6.81. The summed E-state index contributed by atoms with van der Waals surface area (Å²) in [5.41, 5.74) is 0. The van der Waals surface area contributed by atoms with Crippen molar-refractivity contribution >= 4 is 5.78 Å². The maximum Gasteiger partial charge on any atom is 0.155 e. The van der Waals surface area contributed by atoms with Gasteiger partial charge in [-0.1, -0.05) is 45.6 Å². The molecule has 0 atom stereocenters. The summed E-state index contributed by atoms with van der Waals surface area (Å²) in [5, 5.41) is 0. The average molecular weight is 196 g/mol. The summed E-state index contributed by atoms with van der Waals surface area (Å²) in [6.07, 6.45) is 12.8. The summed E-state index contributed by atoms with van der Waals surface area (Å²) in [5.74, 6) is 0.294. The van der Waals surface area contributed by atoms with Gasteiger partial charge in [-0.3, -0.25) is 4.79 Å². The van der Waals surface area contributed by atoms with Crippen molar-refractivity contribution in [3.05, 3.63) is 12.2 Å². The molecule has 0 bridgehead atoms. The van der Waals surface area contributed by atoms with Crippen LogP contribution in [0.4, 0.5) is 0 Å². The number of unbranched alkanes of at least 4 members (excludes halogenated alkanes) is 5. The van der Waals surface area contributed by atoms with E-state index in [1.165, 1.54) is 25.7 Å². The van der Waals surface area contributed by atoms with Gasteiger partial charge in [-0.25, -0.2) is 0 Å². The molecule has 1 heteroatoms. The minimum atomic E-state index is 0.294. The molecule has 0 saturated carbocycles. The molecule has 0 aromatic heterocycles.